The van der Waals surface area contributed by atoms with Crippen molar-refractivity contribution in [1.29, 1.82) is 0 Å². The van der Waals surface area contributed by atoms with Crippen molar-refractivity contribution in [3.8, 4) is 0 Å². The highest BCUT2D eigenvalue weighted by atomic mass is 16.2. The van der Waals surface area contributed by atoms with E-state index in [2.05, 4.69) is 20.2 Å². The summed E-state index contributed by atoms with van der Waals surface area (Å²) in [5, 5.41) is 3.14. The molecule has 0 atom stereocenters. The summed E-state index contributed by atoms with van der Waals surface area (Å²) in [5.41, 5.74) is 0.778. The van der Waals surface area contributed by atoms with Crippen LogP contribution < -0.4 is 21.5 Å². The van der Waals surface area contributed by atoms with Crippen LogP contribution in [0.2, 0.25) is 0 Å². The summed E-state index contributed by atoms with van der Waals surface area (Å²) < 4.78 is 1.48. The summed E-state index contributed by atoms with van der Waals surface area (Å²) >= 11 is 0. The number of carbonyl (C=O) groups is 1. The number of piperidine rings is 1. The molecule has 34 heavy (non-hydrogen) atoms. The minimum atomic E-state index is -0.595. The second-order valence-corrected chi connectivity index (χ2v) is 9.71. The molecule has 1 aliphatic carbocycles. The van der Waals surface area contributed by atoms with Gasteiger partial charge < -0.3 is 10.2 Å². The maximum Gasteiger partial charge on any atom is 0.330 e. The average Bonchev–Trinajstić information content (AvgIpc) is 3.67. The zero-order valence-corrected chi connectivity index (χ0v) is 19.6. The molecule has 1 amide bonds. The normalized spacial score (nSPS) is 16.3. The van der Waals surface area contributed by atoms with Crippen molar-refractivity contribution in [2.45, 2.75) is 58.4 Å². The molecule has 0 bridgehead atoms. The Hall–Kier alpha value is -3.49. The smallest absolute Gasteiger partial charge is 0.330 e. The third-order valence-electron chi connectivity index (χ3n) is 6.45. The molecule has 4 heterocycles. The molecular weight excluding hydrogens is 432 g/mol. The SMILES string of the molecule is CC(C)Cn1c(=O)[nH]c(=O)c2c(C(=O)Nc3cccnc3N3CCCCC3)cc(C3CC3)nc21. The number of amides is 1. The molecule has 9 heteroatoms. The Balaban J connectivity index is 1.61. The highest BCUT2D eigenvalue weighted by Gasteiger charge is 2.29. The van der Waals surface area contributed by atoms with Gasteiger partial charge in [0.2, 0.25) is 0 Å². The highest BCUT2D eigenvalue weighted by Crippen LogP contribution is 2.40. The van der Waals surface area contributed by atoms with E-state index >= 15 is 0 Å². The lowest BCUT2D eigenvalue weighted by molar-refractivity contribution is 0.102. The Morgan fingerprint density at radius 2 is 1.97 bits per heavy atom. The lowest BCUT2D eigenvalue weighted by Gasteiger charge is -2.29. The van der Waals surface area contributed by atoms with Crippen molar-refractivity contribution >= 4 is 28.4 Å². The number of hydrogen-bond acceptors (Lipinski definition) is 6. The first-order valence-electron chi connectivity index (χ1n) is 12.1. The van der Waals surface area contributed by atoms with E-state index in [1.807, 2.05) is 19.9 Å². The van der Waals surface area contributed by atoms with Crippen LogP contribution in [0.15, 0.2) is 34.0 Å². The van der Waals surface area contributed by atoms with Crippen molar-refractivity contribution in [3.05, 3.63) is 56.5 Å². The van der Waals surface area contributed by atoms with Crippen LogP contribution in [0.25, 0.3) is 11.0 Å². The summed E-state index contributed by atoms with van der Waals surface area (Å²) in [7, 11) is 0. The highest BCUT2D eigenvalue weighted by molar-refractivity contribution is 6.12. The van der Waals surface area contributed by atoms with E-state index in [4.69, 9.17) is 4.98 Å². The third-order valence-corrected chi connectivity index (χ3v) is 6.45. The maximum absolute atomic E-state index is 13.6. The van der Waals surface area contributed by atoms with Gasteiger partial charge in [0.15, 0.2) is 11.5 Å². The minimum Gasteiger partial charge on any atom is -0.355 e. The molecule has 2 N–H and O–H groups in total. The van der Waals surface area contributed by atoms with Crippen LogP contribution >= 0.6 is 0 Å². The third kappa shape index (κ3) is 4.34. The van der Waals surface area contributed by atoms with Gasteiger partial charge in [0.05, 0.1) is 16.6 Å². The van der Waals surface area contributed by atoms with Crippen molar-refractivity contribution in [3.63, 3.8) is 0 Å². The monoisotopic (exact) mass is 462 g/mol. The number of carbonyl (C=O) groups excluding carboxylic acids is 1. The van der Waals surface area contributed by atoms with Crippen LogP contribution in [0.3, 0.4) is 0 Å². The van der Waals surface area contributed by atoms with Gasteiger partial charge >= 0.3 is 5.69 Å². The van der Waals surface area contributed by atoms with E-state index < -0.39 is 17.2 Å². The van der Waals surface area contributed by atoms with Crippen molar-refractivity contribution in [2.24, 2.45) is 5.92 Å². The molecule has 2 aliphatic rings. The molecule has 0 spiro atoms. The molecule has 0 aromatic carbocycles. The summed E-state index contributed by atoms with van der Waals surface area (Å²) in [6.45, 7) is 6.17. The molecule has 1 saturated heterocycles. The number of aromatic amines is 1. The van der Waals surface area contributed by atoms with Gasteiger partial charge in [-0.1, -0.05) is 13.8 Å². The first kappa shape index (κ1) is 22.3. The summed E-state index contributed by atoms with van der Waals surface area (Å²) in [6, 6.07) is 5.33. The maximum atomic E-state index is 13.6. The number of H-pyrrole nitrogens is 1. The van der Waals surface area contributed by atoms with Gasteiger partial charge in [0.1, 0.15) is 0 Å². The molecule has 3 aromatic heterocycles. The van der Waals surface area contributed by atoms with Gasteiger partial charge in [-0.05, 0) is 56.2 Å². The van der Waals surface area contributed by atoms with Crippen LogP contribution in [-0.2, 0) is 6.54 Å². The quantitative estimate of drug-likeness (QED) is 0.581. The Morgan fingerprint density at radius 3 is 2.68 bits per heavy atom. The van der Waals surface area contributed by atoms with Gasteiger partial charge in [-0.3, -0.25) is 19.1 Å². The standard InChI is InChI=1S/C25H30N6O3/c1-15(2)14-31-22-20(24(33)29-25(31)34)17(13-19(27-22)16-8-9-16)23(32)28-18-7-6-10-26-21(18)30-11-4-3-5-12-30/h6-7,10,13,15-16H,3-5,8-9,11-12,14H2,1-2H3,(H,28,32)(H,29,33,34). The topological polar surface area (TPSA) is 113 Å². The lowest BCUT2D eigenvalue weighted by Crippen LogP contribution is -2.34. The number of anilines is 2. The fourth-order valence-electron chi connectivity index (χ4n) is 4.64. The van der Waals surface area contributed by atoms with Crippen LogP contribution in [0.4, 0.5) is 11.5 Å². The number of hydrogen-bond donors (Lipinski definition) is 2. The van der Waals surface area contributed by atoms with E-state index in [1.165, 1.54) is 11.0 Å². The lowest BCUT2D eigenvalue weighted by atomic mass is 10.1. The first-order valence-corrected chi connectivity index (χ1v) is 12.1. The van der Waals surface area contributed by atoms with Gasteiger partial charge in [-0.15, -0.1) is 0 Å². The first-order chi connectivity index (χ1) is 16.4. The molecule has 9 nitrogen and oxygen atoms in total. The number of nitrogens with zero attached hydrogens (tertiary/aromatic N) is 4. The number of rotatable bonds is 6. The molecule has 1 aliphatic heterocycles. The number of fused-ring (bicyclic) bond motifs is 1. The van der Waals surface area contributed by atoms with Gasteiger partial charge in [-0.2, -0.15) is 0 Å². The van der Waals surface area contributed by atoms with Crippen LogP contribution in [-0.4, -0.2) is 38.5 Å². The molecule has 5 rings (SSSR count). The van der Waals surface area contributed by atoms with E-state index in [0.717, 1.165) is 50.3 Å². The molecule has 0 radical (unpaired) electrons. The van der Waals surface area contributed by atoms with E-state index in [-0.39, 0.29) is 28.4 Å². The minimum absolute atomic E-state index is 0.144. The Morgan fingerprint density at radius 1 is 1.21 bits per heavy atom. The van der Waals surface area contributed by atoms with Crippen LogP contribution in [0.5, 0.6) is 0 Å². The Bertz CT molecular complexity index is 1350. The Kier molecular flexibility index (Phi) is 5.93. The summed E-state index contributed by atoms with van der Waals surface area (Å²) in [6.07, 6.45) is 7.07. The second-order valence-electron chi connectivity index (χ2n) is 9.71. The van der Waals surface area contributed by atoms with Crippen LogP contribution in [0, 0.1) is 5.92 Å². The van der Waals surface area contributed by atoms with Gasteiger partial charge in [0, 0.05) is 37.4 Å². The van der Waals surface area contributed by atoms with E-state index in [0.29, 0.717) is 12.2 Å². The number of aromatic nitrogens is 4. The predicted molar refractivity (Wildman–Crippen MR) is 132 cm³/mol. The molecule has 0 unspecified atom stereocenters. The van der Waals surface area contributed by atoms with Crippen molar-refractivity contribution < 1.29 is 4.79 Å². The molecular formula is C25H30N6O3. The largest absolute Gasteiger partial charge is 0.355 e. The summed E-state index contributed by atoms with van der Waals surface area (Å²) in [5.74, 6) is 0.751. The van der Waals surface area contributed by atoms with Gasteiger partial charge in [-0.25, -0.2) is 14.8 Å². The second kappa shape index (κ2) is 9.04. The van der Waals surface area contributed by atoms with Crippen LogP contribution in [0.1, 0.15) is 67.9 Å². The Labute approximate surface area is 197 Å². The molecule has 3 aromatic rings. The zero-order chi connectivity index (χ0) is 23.8. The number of nitrogens with one attached hydrogen (secondary N) is 2. The van der Waals surface area contributed by atoms with E-state index in [9.17, 15) is 14.4 Å². The fraction of sp³-hybridized carbons (Fsp3) is 0.480. The molecule has 2 fully saturated rings. The predicted octanol–water partition coefficient (Wildman–Crippen LogP) is 3.26. The average molecular weight is 463 g/mol. The van der Waals surface area contributed by atoms with Gasteiger partial charge in [0.25, 0.3) is 11.5 Å². The van der Waals surface area contributed by atoms with Crippen molar-refractivity contribution in [1.82, 2.24) is 19.5 Å². The van der Waals surface area contributed by atoms with E-state index in [1.54, 1.807) is 18.3 Å². The molecule has 178 valence electrons. The zero-order valence-electron chi connectivity index (χ0n) is 19.6. The molecule has 1 saturated carbocycles. The number of pyridine rings is 2. The summed E-state index contributed by atoms with van der Waals surface area (Å²) in [4.78, 5) is 52.9. The van der Waals surface area contributed by atoms with Crippen molar-refractivity contribution in [2.75, 3.05) is 23.3 Å². The fourth-order valence-corrected chi connectivity index (χ4v) is 4.64.